The first-order valence-corrected chi connectivity index (χ1v) is 9.23. The molecule has 0 saturated heterocycles. The summed E-state index contributed by atoms with van der Waals surface area (Å²) in [6, 6.07) is 15.1. The largest absolute Gasteiger partial charge is 0.388 e. The van der Waals surface area contributed by atoms with Gasteiger partial charge in [0.25, 0.3) is 10.0 Å². The molecule has 0 aromatic heterocycles. The summed E-state index contributed by atoms with van der Waals surface area (Å²) in [6.07, 6.45) is 0.388. The summed E-state index contributed by atoms with van der Waals surface area (Å²) in [6.45, 7) is -0.230. The van der Waals surface area contributed by atoms with Crippen LogP contribution in [0.15, 0.2) is 59.5 Å². The van der Waals surface area contributed by atoms with E-state index in [1.54, 1.807) is 18.2 Å². The molecule has 0 unspecified atom stereocenters. The van der Waals surface area contributed by atoms with E-state index in [4.69, 9.17) is 5.26 Å². The van der Waals surface area contributed by atoms with E-state index in [1.165, 1.54) is 30.3 Å². The molecule has 0 heterocycles. The number of sulfonamides is 1. The highest BCUT2D eigenvalue weighted by Gasteiger charge is 2.46. The van der Waals surface area contributed by atoms with Crippen molar-refractivity contribution in [1.29, 1.82) is 5.26 Å². The molecule has 1 aliphatic rings. The van der Waals surface area contributed by atoms with Crippen LogP contribution in [0.4, 0.5) is 10.1 Å². The Morgan fingerprint density at radius 2 is 1.88 bits per heavy atom. The minimum Gasteiger partial charge on any atom is -0.388 e. The number of rotatable bonds is 5. The van der Waals surface area contributed by atoms with Crippen LogP contribution in [0.2, 0.25) is 0 Å². The van der Waals surface area contributed by atoms with Gasteiger partial charge in [0.05, 0.1) is 34.7 Å². The van der Waals surface area contributed by atoms with Gasteiger partial charge in [0.2, 0.25) is 0 Å². The highest BCUT2D eigenvalue weighted by atomic mass is 32.2. The second-order valence-electron chi connectivity index (χ2n) is 6.26. The van der Waals surface area contributed by atoms with Gasteiger partial charge in [-0.15, -0.1) is 0 Å². The molecule has 5 nitrogen and oxygen atoms in total. The SMILES string of the molecule is N#CC1CC(O)(CN(c2cccc(F)c2)S(=O)(=O)c2ccccc2)C1. The Balaban J connectivity index is 2.00. The van der Waals surface area contributed by atoms with E-state index >= 15 is 0 Å². The molecular formula is C18H17FN2O3S. The topological polar surface area (TPSA) is 81.4 Å². The minimum absolute atomic E-state index is 0.0546. The molecule has 0 atom stereocenters. The summed E-state index contributed by atoms with van der Waals surface area (Å²) in [5.41, 5.74) is -1.16. The number of hydrogen-bond donors (Lipinski definition) is 1. The number of nitrogens with zero attached hydrogens (tertiary/aromatic N) is 2. The molecule has 0 radical (unpaired) electrons. The van der Waals surface area contributed by atoms with Gasteiger partial charge < -0.3 is 5.11 Å². The van der Waals surface area contributed by atoms with Crippen molar-refractivity contribution in [3.05, 3.63) is 60.4 Å². The summed E-state index contributed by atoms with van der Waals surface area (Å²) in [7, 11) is -3.98. The van der Waals surface area contributed by atoms with Crippen molar-refractivity contribution in [2.45, 2.75) is 23.3 Å². The first-order chi connectivity index (χ1) is 11.8. The number of benzene rings is 2. The van der Waals surface area contributed by atoms with E-state index in [0.717, 1.165) is 10.4 Å². The molecule has 1 N–H and O–H groups in total. The van der Waals surface area contributed by atoms with Gasteiger partial charge in [-0.2, -0.15) is 5.26 Å². The fraction of sp³-hybridized carbons (Fsp3) is 0.278. The van der Waals surface area contributed by atoms with Crippen LogP contribution in [-0.2, 0) is 10.0 Å². The third kappa shape index (κ3) is 3.50. The maximum Gasteiger partial charge on any atom is 0.264 e. The third-order valence-electron chi connectivity index (χ3n) is 4.30. The van der Waals surface area contributed by atoms with E-state index in [0.29, 0.717) is 0 Å². The summed E-state index contributed by atoms with van der Waals surface area (Å²) in [4.78, 5) is 0.0546. The van der Waals surface area contributed by atoms with Gasteiger partial charge in [0, 0.05) is 0 Å². The van der Waals surface area contributed by atoms with E-state index < -0.39 is 21.4 Å². The van der Waals surface area contributed by atoms with E-state index in [1.807, 2.05) is 0 Å². The summed E-state index contributed by atoms with van der Waals surface area (Å²) in [5, 5.41) is 19.5. The predicted molar refractivity (Wildman–Crippen MR) is 90.7 cm³/mol. The molecule has 2 aromatic rings. The molecule has 0 bridgehead atoms. The van der Waals surface area contributed by atoms with E-state index in [-0.39, 0.29) is 35.9 Å². The zero-order chi connectivity index (χ0) is 18.1. The van der Waals surface area contributed by atoms with Gasteiger partial charge in [-0.1, -0.05) is 24.3 Å². The Morgan fingerprint density at radius 3 is 2.48 bits per heavy atom. The molecule has 0 spiro atoms. The van der Waals surface area contributed by atoms with Crippen LogP contribution in [0.1, 0.15) is 12.8 Å². The molecule has 25 heavy (non-hydrogen) atoms. The average molecular weight is 360 g/mol. The average Bonchev–Trinajstić information content (AvgIpc) is 2.58. The van der Waals surface area contributed by atoms with E-state index in [9.17, 15) is 17.9 Å². The Kier molecular flexibility index (Phi) is 4.50. The zero-order valence-corrected chi connectivity index (χ0v) is 14.2. The van der Waals surface area contributed by atoms with Crippen molar-refractivity contribution in [2.24, 2.45) is 5.92 Å². The van der Waals surface area contributed by atoms with Crippen molar-refractivity contribution >= 4 is 15.7 Å². The van der Waals surface area contributed by atoms with Crippen LogP contribution in [-0.4, -0.2) is 25.7 Å². The molecule has 1 fully saturated rings. The Bertz CT molecular complexity index is 903. The molecular weight excluding hydrogens is 343 g/mol. The Hall–Kier alpha value is -2.43. The Labute approximate surface area is 146 Å². The lowest BCUT2D eigenvalue weighted by atomic mass is 9.71. The quantitative estimate of drug-likeness (QED) is 0.889. The number of hydrogen-bond acceptors (Lipinski definition) is 4. The first-order valence-electron chi connectivity index (χ1n) is 7.79. The van der Waals surface area contributed by atoms with E-state index in [2.05, 4.69) is 6.07 Å². The van der Waals surface area contributed by atoms with Gasteiger partial charge in [-0.05, 0) is 43.2 Å². The zero-order valence-electron chi connectivity index (χ0n) is 13.3. The molecule has 3 rings (SSSR count). The van der Waals surface area contributed by atoms with Gasteiger partial charge in [0.15, 0.2) is 0 Å². The highest BCUT2D eigenvalue weighted by molar-refractivity contribution is 7.92. The van der Waals surface area contributed by atoms with Gasteiger partial charge in [-0.3, -0.25) is 4.31 Å². The summed E-state index contributed by atoms with van der Waals surface area (Å²) < 4.78 is 40.7. The molecule has 7 heteroatoms. The van der Waals surface area contributed by atoms with Gasteiger partial charge in [-0.25, -0.2) is 12.8 Å². The molecule has 0 aliphatic heterocycles. The number of nitriles is 1. The fourth-order valence-corrected chi connectivity index (χ4v) is 4.57. The third-order valence-corrected chi connectivity index (χ3v) is 6.09. The molecule has 2 aromatic carbocycles. The fourth-order valence-electron chi connectivity index (χ4n) is 3.01. The smallest absolute Gasteiger partial charge is 0.264 e. The maximum absolute atomic E-state index is 13.6. The number of halogens is 1. The molecule has 1 aliphatic carbocycles. The minimum atomic E-state index is -3.98. The van der Waals surface area contributed by atoms with Crippen molar-refractivity contribution in [2.75, 3.05) is 10.8 Å². The molecule has 130 valence electrons. The van der Waals surface area contributed by atoms with Crippen molar-refractivity contribution in [1.82, 2.24) is 0 Å². The Morgan fingerprint density at radius 1 is 1.20 bits per heavy atom. The summed E-state index contributed by atoms with van der Waals surface area (Å²) >= 11 is 0. The van der Waals surface area contributed by atoms with Crippen LogP contribution < -0.4 is 4.31 Å². The molecule has 0 amide bonds. The van der Waals surface area contributed by atoms with Crippen LogP contribution in [0.5, 0.6) is 0 Å². The second-order valence-corrected chi connectivity index (χ2v) is 8.13. The van der Waals surface area contributed by atoms with Crippen LogP contribution in [0.25, 0.3) is 0 Å². The summed E-state index contributed by atoms with van der Waals surface area (Å²) in [5.74, 6) is -0.861. The number of aliphatic hydroxyl groups is 1. The highest BCUT2D eigenvalue weighted by Crippen LogP contribution is 2.40. The van der Waals surface area contributed by atoms with Gasteiger partial charge in [0.1, 0.15) is 5.82 Å². The lowest BCUT2D eigenvalue weighted by molar-refractivity contribution is -0.0468. The second kappa shape index (κ2) is 6.47. The van der Waals surface area contributed by atoms with Crippen LogP contribution in [0, 0.1) is 23.1 Å². The predicted octanol–water partition coefficient (Wildman–Crippen LogP) is 2.69. The monoisotopic (exact) mass is 360 g/mol. The first kappa shape index (κ1) is 17.4. The van der Waals surface area contributed by atoms with Crippen molar-refractivity contribution < 1.29 is 17.9 Å². The lowest BCUT2D eigenvalue weighted by Crippen LogP contribution is -2.53. The van der Waals surface area contributed by atoms with Gasteiger partial charge >= 0.3 is 0 Å². The van der Waals surface area contributed by atoms with Crippen molar-refractivity contribution in [3.8, 4) is 6.07 Å². The van der Waals surface area contributed by atoms with Crippen LogP contribution >= 0.6 is 0 Å². The standard InChI is InChI=1S/C18H17FN2O3S/c19-15-5-4-6-16(9-15)21(13-18(22)10-14(11-18)12-20)25(23,24)17-7-2-1-3-8-17/h1-9,14,22H,10-11,13H2. The normalized spacial score (nSPS) is 22.7. The lowest BCUT2D eigenvalue weighted by Gasteiger charge is -2.43. The van der Waals surface area contributed by atoms with Crippen molar-refractivity contribution in [3.63, 3.8) is 0 Å². The van der Waals surface area contributed by atoms with Crippen LogP contribution in [0.3, 0.4) is 0 Å². The maximum atomic E-state index is 13.6. The molecule has 1 saturated carbocycles. The number of anilines is 1.